The van der Waals surface area contributed by atoms with Gasteiger partial charge in [0.2, 0.25) is 0 Å². The van der Waals surface area contributed by atoms with E-state index in [-0.39, 0.29) is 6.61 Å². The molecule has 0 saturated heterocycles. The van der Waals surface area contributed by atoms with Gasteiger partial charge in [0.1, 0.15) is 11.9 Å². The third-order valence-electron chi connectivity index (χ3n) is 7.53. The minimum atomic E-state index is -4.31. The maximum Gasteiger partial charge on any atom is 0.527 e. The monoisotopic (exact) mass is 610 g/mol. The van der Waals surface area contributed by atoms with Crippen molar-refractivity contribution in [3.8, 4) is 5.75 Å². The van der Waals surface area contributed by atoms with Gasteiger partial charge < -0.3 is 23.8 Å². The zero-order valence-corrected chi connectivity index (χ0v) is 27.6. The van der Waals surface area contributed by atoms with Crippen LogP contribution >= 0.6 is 7.82 Å². The lowest BCUT2D eigenvalue weighted by atomic mass is 10.0. The highest BCUT2D eigenvalue weighted by Gasteiger charge is 2.26. The van der Waals surface area contributed by atoms with E-state index in [0.29, 0.717) is 32.1 Å². The van der Waals surface area contributed by atoms with Gasteiger partial charge in [0.15, 0.2) is 0 Å². The Kier molecular flexibility index (Phi) is 20.0. The summed E-state index contributed by atoms with van der Waals surface area (Å²) in [6.45, 7) is 10.1. The van der Waals surface area contributed by atoms with Gasteiger partial charge in [-0.15, -0.1) is 0 Å². The summed E-state index contributed by atoms with van der Waals surface area (Å²) in [6, 6.07) is 7.22. The fourth-order valence-electron chi connectivity index (χ4n) is 5.09. The highest BCUT2D eigenvalue weighted by molar-refractivity contribution is 7.47. The van der Waals surface area contributed by atoms with Crippen molar-refractivity contribution in [2.45, 2.75) is 123 Å². The van der Waals surface area contributed by atoms with Crippen LogP contribution < -0.4 is 4.52 Å². The predicted octanol–water partition coefficient (Wildman–Crippen LogP) is 8.65. The van der Waals surface area contributed by atoms with Crippen LogP contribution in [0.5, 0.6) is 5.75 Å². The molecule has 1 aliphatic rings. The largest absolute Gasteiger partial charge is 0.527 e. The van der Waals surface area contributed by atoms with Gasteiger partial charge in [-0.05, 0) is 38.0 Å². The van der Waals surface area contributed by atoms with Gasteiger partial charge in [0.25, 0.3) is 0 Å². The van der Waals surface area contributed by atoms with Crippen LogP contribution in [0, 0.1) is 0 Å². The zero-order valence-electron chi connectivity index (χ0n) is 26.7. The summed E-state index contributed by atoms with van der Waals surface area (Å²) >= 11 is 0. The molecule has 9 heteroatoms. The van der Waals surface area contributed by atoms with Crippen molar-refractivity contribution < 1.29 is 28.0 Å². The average molecular weight is 611 g/mol. The second-order valence-corrected chi connectivity index (χ2v) is 12.7. The van der Waals surface area contributed by atoms with Crippen molar-refractivity contribution in [1.29, 1.82) is 0 Å². The number of nitrogens with zero attached hydrogens (tertiary/aromatic N) is 2. The summed E-state index contributed by atoms with van der Waals surface area (Å²) in [5.41, 5.74) is 0.985. The van der Waals surface area contributed by atoms with Crippen molar-refractivity contribution in [3.05, 3.63) is 42.2 Å². The second kappa shape index (κ2) is 22.9. The lowest BCUT2D eigenvalue weighted by Gasteiger charge is -2.21. The number of unbranched alkanes of at least 4 members (excludes halogenated alkanes) is 13. The third kappa shape index (κ3) is 17.5. The van der Waals surface area contributed by atoms with Gasteiger partial charge in [0.05, 0.1) is 19.9 Å². The number of ether oxygens (including phenoxy) is 2. The first kappa shape index (κ1) is 36.6. The number of hydrogen-bond donors (Lipinski definition) is 1. The summed E-state index contributed by atoms with van der Waals surface area (Å²) in [7, 11) is -4.31. The third-order valence-corrected chi connectivity index (χ3v) is 8.45. The second-order valence-electron chi connectivity index (χ2n) is 11.3. The average Bonchev–Trinajstić information content (AvgIpc) is 3.43. The first-order valence-corrected chi connectivity index (χ1v) is 18.1. The van der Waals surface area contributed by atoms with E-state index >= 15 is 0 Å². The van der Waals surface area contributed by atoms with Gasteiger partial charge >= 0.3 is 7.82 Å². The highest BCUT2D eigenvalue weighted by atomic mass is 31.2. The number of phosphoric acid groups is 1. The van der Waals surface area contributed by atoms with Crippen LogP contribution in [0.1, 0.15) is 116 Å². The predicted molar refractivity (Wildman–Crippen MR) is 171 cm³/mol. The van der Waals surface area contributed by atoms with Crippen LogP contribution in [-0.2, 0) is 25.1 Å². The van der Waals surface area contributed by atoms with Crippen molar-refractivity contribution in [1.82, 2.24) is 9.80 Å². The minimum absolute atomic E-state index is 0.0779. The molecule has 1 aliphatic heterocycles. The Morgan fingerprint density at radius 2 is 1.45 bits per heavy atom. The van der Waals surface area contributed by atoms with Crippen molar-refractivity contribution in [2.75, 3.05) is 39.6 Å². The molecule has 2 atom stereocenters. The van der Waals surface area contributed by atoms with Crippen LogP contribution in [-0.4, -0.2) is 60.4 Å². The molecule has 0 spiro atoms. The summed E-state index contributed by atoms with van der Waals surface area (Å²) in [4.78, 5) is 14.7. The molecule has 2 unspecified atom stereocenters. The van der Waals surface area contributed by atoms with Gasteiger partial charge in [-0.1, -0.05) is 103 Å². The molecule has 0 saturated carbocycles. The van der Waals surface area contributed by atoms with E-state index in [1.165, 1.54) is 77.0 Å². The van der Waals surface area contributed by atoms with Gasteiger partial charge in [-0.2, -0.15) is 0 Å². The Labute approximate surface area is 256 Å². The standard InChI is InChI=1S/C33H59N2O6P/c1-4-7-8-9-10-11-12-13-14-15-16-17-18-19-25-38-28-33(39-6-3)29-40-42(36,37)41-32-22-20-21-31(26-32)27-35-24-23-34(5-2)30-35/h20-24,26,33H,4-19,25,27-30H2,1-3H3,(H,36,37). The maximum absolute atomic E-state index is 12.6. The summed E-state index contributed by atoms with van der Waals surface area (Å²) in [6.07, 6.45) is 22.2. The topological polar surface area (TPSA) is 80.7 Å². The maximum atomic E-state index is 12.6. The molecule has 0 aliphatic carbocycles. The molecular formula is C33H59N2O6P. The molecule has 8 nitrogen and oxygen atoms in total. The van der Waals surface area contributed by atoms with Crippen LogP contribution in [0.15, 0.2) is 36.7 Å². The molecule has 2 rings (SSSR count). The molecule has 0 aromatic heterocycles. The molecule has 42 heavy (non-hydrogen) atoms. The quantitative estimate of drug-likeness (QED) is 0.0783. The van der Waals surface area contributed by atoms with Crippen LogP contribution in [0.3, 0.4) is 0 Å². The van der Waals surface area contributed by atoms with Gasteiger partial charge in [0, 0.05) is 38.7 Å². The molecule has 0 radical (unpaired) electrons. The molecule has 242 valence electrons. The first-order valence-electron chi connectivity index (χ1n) is 16.6. The smallest absolute Gasteiger partial charge is 0.404 e. The van der Waals surface area contributed by atoms with Gasteiger partial charge in [-0.3, -0.25) is 9.42 Å². The molecule has 0 amide bonds. The fourth-order valence-corrected chi connectivity index (χ4v) is 5.88. The lowest BCUT2D eigenvalue weighted by molar-refractivity contribution is -0.0373. The van der Waals surface area contributed by atoms with E-state index in [0.717, 1.165) is 31.6 Å². The Morgan fingerprint density at radius 3 is 2.05 bits per heavy atom. The molecule has 1 N–H and O–H groups in total. The lowest BCUT2D eigenvalue weighted by Crippen LogP contribution is -2.26. The highest BCUT2D eigenvalue weighted by Crippen LogP contribution is 2.44. The SMILES string of the molecule is CCCCCCCCCCCCCCCCOCC(COP(=O)(O)Oc1cccc(CN2C=CN(CC)C2)c1)OCC. The molecule has 1 heterocycles. The van der Waals surface area contributed by atoms with E-state index in [1.807, 2.05) is 25.3 Å². The zero-order chi connectivity index (χ0) is 30.3. The van der Waals surface area contributed by atoms with E-state index < -0.39 is 13.9 Å². The summed E-state index contributed by atoms with van der Waals surface area (Å²) in [5.74, 6) is 0.302. The van der Waals surface area contributed by atoms with Crippen molar-refractivity contribution in [3.63, 3.8) is 0 Å². The number of rotatable bonds is 27. The first-order chi connectivity index (χ1) is 20.5. The summed E-state index contributed by atoms with van der Waals surface area (Å²) in [5, 5.41) is 0. The van der Waals surface area contributed by atoms with E-state index in [2.05, 4.69) is 29.8 Å². The number of benzene rings is 1. The molecule has 0 fully saturated rings. The molecule has 1 aromatic rings. The van der Waals surface area contributed by atoms with E-state index in [4.69, 9.17) is 18.5 Å². The fraction of sp³-hybridized carbons (Fsp3) is 0.758. The summed E-state index contributed by atoms with van der Waals surface area (Å²) < 4.78 is 34.8. The minimum Gasteiger partial charge on any atom is -0.404 e. The molecule has 0 bridgehead atoms. The van der Waals surface area contributed by atoms with Crippen molar-refractivity contribution >= 4 is 7.82 Å². The van der Waals surface area contributed by atoms with E-state index in [1.54, 1.807) is 12.1 Å². The van der Waals surface area contributed by atoms with Crippen LogP contribution in [0.4, 0.5) is 0 Å². The Balaban J connectivity index is 1.54. The number of hydrogen-bond acceptors (Lipinski definition) is 7. The molecule has 1 aromatic carbocycles. The van der Waals surface area contributed by atoms with Crippen molar-refractivity contribution in [2.24, 2.45) is 0 Å². The van der Waals surface area contributed by atoms with E-state index in [9.17, 15) is 9.46 Å². The van der Waals surface area contributed by atoms with Crippen LogP contribution in [0.2, 0.25) is 0 Å². The van der Waals surface area contributed by atoms with Crippen LogP contribution in [0.25, 0.3) is 0 Å². The Morgan fingerprint density at radius 1 is 0.833 bits per heavy atom. The molecular weight excluding hydrogens is 551 g/mol. The Bertz CT molecular complexity index is 886. The Hall–Kier alpha value is -1.57. The number of phosphoric ester groups is 1. The normalized spacial score (nSPS) is 15.3. The van der Waals surface area contributed by atoms with Gasteiger partial charge in [-0.25, -0.2) is 4.57 Å².